The molecule has 7 heteroatoms. The number of hydrogen-bond donors (Lipinski definition) is 0. The Hall–Kier alpha value is -2.05. The molecular formula is C11H5F5N2. The maximum Gasteiger partial charge on any atom is 0.417 e. The third-order valence-corrected chi connectivity index (χ3v) is 2.18. The molecule has 0 aromatic carbocycles. The summed E-state index contributed by atoms with van der Waals surface area (Å²) in [6.45, 7) is 0. The van der Waals surface area contributed by atoms with Crippen LogP contribution < -0.4 is 0 Å². The molecule has 2 nitrogen and oxygen atoms in total. The van der Waals surface area contributed by atoms with Gasteiger partial charge >= 0.3 is 6.18 Å². The third-order valence-electron chi connectivity index (χ3n) is 2.18. The van der Waals surface area contributed by atoms with Crippen LogP contribution in [0.15, 0.2) is 30.5 Å². The summed E-state index contributed by atoms with van der Waals surface area (Å²) in [4.78, 5) is 6.41. The van der Waals surface area contributed by atoms with E-state index in [9.17, 15) is 22.0 Å². The minimum Gasteiger partial charge on any atom is -0.255 e. The van der Waals surface area contributed by atoms with E-state index in [1.165, 1.54) is 0 Å². The predicted molar refractivity (Wildman–Crippen MR) is 52.4 cm³/mol. The van der Waals surface area contributed by atoms with E-state index in [-0.39, 0.29) is 11.3 Å². The second kappa shape index (κ2) is 4.32. The molecule has 0 saturated heterocycles. The third kappa shape index (κ3) is 2.44. The lowest BCUT2D eigenvalue weighted by Crippen LogP contribution is -2.05. The molecular weight excluding hydrogens is 255 g/mol. The van der Waals surface area contributed by atoms with Gasteiger partial charge in [-0.25, -0.2) is 0 Å². The molecule has 0 spiro atoms. The first-order chi connectivity index (χ1) is 8.38. The highest BCUT2D eigenvalue weighted by molar-refractivity contribution is 5.58. The van der Waals surface area contributed by atoms with Crippen LogP contribution in [0, 0.1) is 11.9 Å². The average molecular weight is 260 g/mol. The van der Waals surface area contributed by atoms with Gasteiger partial charge in [-0.1, -0.05) is 0 Å². The van der Waals surface area contributed by atoms with Gasteiger partial charge in [0, 0.05) is 6.20 Å². The molecule has 2 heterocycles. The van der Waals surface area contributed by atoms with Gasteiger partial charge in [0.05, 0.1) is 16.8 Å². The van der Waals surface area contributed by atoms with Crippen LogP contribution >= 0.6 is 0 Å². The fourth-order valence-electron chi connectivity index (χ4n) is 1.32. The zero-order chi connectivity index (χ0) is 13.3. The van der Waals surface area contributed by atoms with Crippen LogP contribution in [0.25, 0.3) is 11.3 Å². The Morgan fingerprint density at radius 1 is 0.944 bits per heavy atom. The van der Waals surface area contributed by atoms with Crippen molar-refractivity contribution in [3.63, 3.8) is 0 Å². The Labute approximate surface area is 98.1 Å². The molecule has 18 heavy (non-hydrogen) atoms. The lowest BCUT2D eigenvalue weighted by atomic mass is 10.1. The Kier molecular flexibility index (Phi) is 2.98. The molecule has 0 fully saturated rings. The lowest BCUT2D eigenvalue weighted by Gasteiger charge is -2.07. The van der Waals surface area contributed by atoms with Crippen molar-refractivity contribution in [1.29, 1.82) is 0 Å². The average Bonchev–Trinajstić information content (AvgIpc) is 2.28. The summed E-state index contributed by atoms with van der Waals surface area (Å²) in [6, 6.07) is 3.73. The molecule has 0 N–H and O–H groups in total. The molecule has 0 atom stereocenters. The molecule has 2 rings (SSSR count). The van der Waals surface area contributed by atoms with E-state index in [4.69, 9.17) is 0 Å². The van der Waals surface area contributed by atoms with Gasteiger partial charge < -0.3 is 0 Å². The highest BCUT2D eigenvalue weighted by Gasteiger charge is 2.30. The summed E-state index contributed by atoms with van der Waals surface area (Å²) >= 11 is 0. The minimum atomic E-state index is -4.51. The van der Waals surface area contributed by atoms with Gasteiger partial charge in [-0.3, -0.25) is 4.98 Å². The zero-order valence-corrected chi connectivity index (χ0v) is 8.67. The van der Waals surface area contributed by atoms with Crippen LogP contribution in [0.5, 0.6) is 0 Å². The monoisotopic (exact) mass is 260 g/mol. The zero-order valence-electron chi connectivity index (χ0n) is 8.67. The quantitative estimate of drug-likeness (QED) is 0.579. The molecule has 0 bridgehead atoms. The topological polar surface area (TPSA) is 25.8 Å². The van der Waals surface area contributed by atoms with Crippen LogP contribution in [0.3, 0.4) is 0 Å². The molecule has 0 aliphatic heterocycles. The van der Waals surface area contributed by atoms with Gasteiger partial charge in [0.1, 0.15) is 0 Å². The van der Waals surface area contributed by atoms with Crippen LogP contribution in [0.2, 0.25) is 0 Å². The Morgan fingerprint density at radius 2 is 1.67 bits per heavy atom. The normalized spacial score (nSPS) is 11.6. The fraction of sp³-hybridized carbons (Fsp3) is 0.0909. The van der Waals surface area contributed by atoms with Crippen molar-refractivity contribution in [3.05, 3.63) is 47.9 Å². The van der Waals surface area contributed by atoms with Crippen molar-refractivity contribution < 1.29 is 22.0 Å². The van der Waals surface area contributed by atoms with Gasteiger partial charge in [0.25, 0.3) is 0 Å². The van der Waals surface area contributed by atoms with Crippen molar-refractivity contribution >= 4 is 0 Å². The highest BCUT2D eigenvalue weighted by atomic mass is 19.4. The Morgan fingerprint density at radius 3 is 2.17 bits per heavy atom. The maximum atomic E-state index is 13.3. The van der Waals surface area contributed by atoms with Crippen molar-refractivity contribution in [1.82, 2.24) is 9.97 Å². The molecule has 0 aliphatic rings. The number of halogens is 5. The summed E-state index contributed by atoms with van der Waals surface area (Å²) in [5, 5.41) is 0. The number of aromatic nitrogens is 2. The standard InChI is InChI=1S/C11H5F5N2/c12-9-4-2-7(10(13)18-9)8-3-1-6(5-17-8)11(14,15)16/h1-5H. The SMILES string of the molecule is Fc1ccc(-c2ccc(C(F)(F)F)cn2)c(F)n1. The molecule has 94 valence electrons. The summed E-state index contributed by atoms with van der Waals surface area (Å²) in [7, 11) is 0. The Bertz CT molecular complexity index is 563. The number of hydrogen-bond acceptors (Lipinski definition) is 2. The van der Waals surface area contributed by atoms with E-state index < -0.39 is 23.6 Å². The lowest BCUT2D eigenvalue weighted by molar-refractivity contribution is -0.137. The molecule has 0 aliphatic carbocycles. The second-order valence-corrected chi connectivity index (χ2v) is 3.40. The molecule has 0 radical (unpaired) electrons. The molecule has 2 aromatic heterocycles. The number of rotatable bonds is 1. The van der Waals surface area contributed by atoms with E-state index >= 15 is 0 Å². The van der Waals surface area contributed by atoms with E-state index in [0.29, 0.717) is 6.20 Å². The van der Waals surface area contributed by atoms with Crippen LogP contribution in [0.1, 0.15) is 5.56 Å². The number of nitrogens with zero attached hydrogens (tertiary/aromatic N) is 2. The first-order valence-electron chi connectivity index (χ1n) is 4.73. The van der Waals surface area contributed by atoms with Crippen molar-refractivity contribution in [2.75, 3.05) is 0 Å². The Balaban J connectivity index is 2.41. The summed E-state index contributed by atoms with van der Waals surface area (Å²) < 4.78 is 62.7. The fourth-order valence-corrected chi connectivity index (χ4v) is 1.32. The largest absolute Gasteiger partial charge is 0.417 e. The predicted octanol–water partition coefficient (Wildman–Crippen LogP) is 3.44. The minimum absolute atomic E-state index is 0.0481. The van der Waals surface area contributed by atoms with Gasteiger partial charge in [0.2, 0.25) is 11.9 Å². The van der Waals surface area contributed by atoms with Gasteiger partial charge in [0.15, 0.2) is 0 Å². The van der Waals surface area contributed by atoms with Crippen molar-refractivity contribution in [2.45, 2.75) is 6.18 Å². The van der Waals surface area contributed by atoms with Crippen LogP contribution in [-0.2, 0) is 6.18 Å². The summed E-state index contributed by atoms with van der Waals surface area (Å²) in [5.41, 5.74) is -1.15. The van der Waals surface area contributed by atoms with E-state index in [1.54, 1.807) is 0 Å². The maximum absolute atomic E-state index is 13.3. The van der Waals surface area contributed by atoms with E-state index in [1.807, 2.05) is 0 Å². The van der Waals surface area contributed by atoms with Crippen LogP contribution in [-0.4, -0.2) is 9.97 Å². The molecule has 0 unspecified atom stereocenters. The second-order valence-electron chi connectivity index (χ2n) is 3.40. The number of alkyl halides is 3. The van der Waals surface area contributed by atoms with E-state index in [0.717, 1.165) is 24.3 Å². The van der Waals surface area contributed by atoms with E-state index in [2.05, 4.69) is 9.97 Å². The van der Waals surface area contributed by atoms with Gasteiger partial charge in [-0.05, 0) is 24.3 Å². The smallest absolute Gasteiger partial charge is 0.255 e. The molecule has 2 aromatic rings. The first kappa shape index (κ1) is 12.4. The van der Waals surface area contributed by atoms with Gasteiger partial charge in [-0.2, -0.15) is 26.9 Å². The highest BCUT2D eigenvalue weighted by Crippen LogP contribution is 2.30. The van der Waals surface area contributed by atoms with Gasteiger partial charge in [-0.15, -0.1) is 0 Å². The molecule has 0 amide bonds. The first-order valence-corrected chi connectivity index (χ1v) is 4.73. The van der Waals surface area contributed by atoms with Crippen molar-refractivity contribution in [3.8, 4) is 11.3 Å². The van der Waals surface area contributed by atoms with Crippen LogP contribution in [0.4, 0.5) is 22.0 Å². The molecule has 0 saturated carbocycles. The van der Waals surface area contributed by atoms with Crippen molar-refractivity contribution in [2.24, 2.45) is 0 Å². The summed E-state index contributed by atoms with van der Waals surface area (Å²) in [5.74, 6) is -2.13. The summed E-state index contributed by atoms with van der Waals surface area (Å²) in [6.07, 6.45) is -3.93. The number of pyridine rings is 2.